The molecule has 2 aliphatic rings. The van der Waals surface area contributed by atoms with Gasteiger partial charge in [0.05, 0.1) is 24.9 Å². The predicted octanol–water partition coefficient (Wildman–Crippen LogP) is 4.06. The van der Waals surface area contributed by atoms with Crippen LogP contribution in [0.1, 0.15) is 24.2 Å². The molecule has 0 unspecified atom stereocenters. The number of methoxy groups -OCH3 is 1. The van der Waals surface area contributed by atoms with Gasteiger partial charge in [0.2, 0.25) is 0 Å². The average Bonchev–Trinajstić information content (AvgIpc) is 3.24. The zero-order valence-corrected chi connectivity index (χ0v) is 16.7. The van der Waals surface area contributed by atoms with Crippen LogP contribution in [0.4, 0.5) is 5.69 Å². The number of esters is 1. The number of anilines is 1. The number of carbonyl (C=O) groups is 2. The molecule has 4 rings (SSSR count). The molecule has 0 saturated carbocycles. The van der Waals surface area contributed by atoms with E-state index in [4.69, 9.17) is 4.74 Å². The van der Waals surface area contributed by atoms with E-state index in [1.807, 2.05) is 67.6 Å². The molecule has 0 aliphatic carbocycles. The third kappa shape index (κ3) is 2.83. The molecule has 3 atom stereocenters. The zero-order chi connectivity index (χ0) is 19.7. The monoisotopic (exact) mass is 394 g/mol. The van der Waals surface area contributed by atoms with Crippen molar-refractivity contribution in [3.63, 3.8) is 0 Å². The molecular weight excluding hydrogens is 372 g/mol. The van der Waals surface area contributed by atoms with E-state index in [0.29, 0.717) is 5.75 Å². The van der Waals surface area contributed by atoms with Crippen LogP contribution in [0.25, 0.3) is 0 Å². The van der Waals surface area contributed by atoms with Gasteiger partial charge in [-0.1, -0.05) is 48.5 Å². The van der Waals surface area contributed by atoms with Crippen LogP contribution in [-0.2, 0) is 14.3 Å². The Labute approximate surface area is 168 Å². The highest BCUT2D eigenvalue weighted by Gasteiger charge is 2.63. The Hall–Kier alpha value is -2.60. The van der Waals surface area contributed by atoms with E-state index in [0.717, 1.165) is 17.0 Å². The van der Waals surface area contributed by atoms with Gasteiger partial charge in [-0.15, -0.1) is 0 Å². The van der Waals surface area contributed by atoms with Crippen LogP contribution in [-0.4, -0.2) is 30.5 Å². The predicted molar refractivity (Wildman–Crippen MR) is 111 cm³/mol. The van der Waals surface area contributed by atoms with Gasteiger partial charge in [0, 0.05) is 5.25 Å². The van der Waals surface area contributed by atoms with Gasteiger partial charge in [-0.05, 0) is 36.3 Å². The second-order valence-corrected chi connectivity index (χ2v) is 8.25. The summed E-state index contributed by atoms with van der Waals surface area (Å²) in [5, 5.41) is 6.08. The first-order valence-corrected chi connectivity index (χ1v) is 10.3. The number of hydrazone groups is 1. The summed E-state index contributed by atoms with van der Waals surface area (Å²) in [6, 6.07) is 19.5. The van der Waals surface area contributed by atoms with E-state index in [1.165, 1.54) is 12.1 Å². The SMILES string of the molecule is COC(=O)C[C@H]1CS[C@@H](c2ccccc2)[C@]12C(=O)N(c1ccccc1)N=C2C. The molecule has 5 nitrogen and oxygen atoms in total. The first-order valence-electron chi connectivity index (χ1n) is 9.27. The van der Waals surface area contributed by atoms with Gasteiger partial charge in [0.15, 0.2) is 0 Å². The van der Waals surface area contributed by atoms with Crippen LogP contribution in [0.2, 0.25) is 0 Å². The van der Waals surface area contributed by atoms with Gasteiger partial charge in [-0.25, -0.2) is 0 Å². The Morgan fingerprint density at radius 1 is 1.18 bits per heavy atom. The average molecular weight is 394 g/mol. The molecule has 0 radical (unpaired) electrons. The molecule has 1 saturated heterocycles. The van der Waals surface area contributed by atoms with E-state index in [-0.39, 0.29) is 29.5 Å². The van der Waals surface area contributed by atoms with E-state index in [1.54, 1.807) is 11.8 Å². The van der Waals surface area contributed by atoms with E-state index >= 15 is 0 Å². The number of carbonyl (C=O) groups excluding carboxylic acids is 2. The number of thioether (sulfide) groups is 1. The lowest BCUT2D eigenvalue weighted by atomic mass is 9.67. The van der Waals surface area contributed by atoms with Crippen molar-refractivity contribution < 1.29 is 14.3 Å². The Kier molecular flexibility index (Phi) is 4.98. The third-order valence-electron chi connectivity index (χ3n) is 5.66. The molecule has 2 heterocycles. The minimum absolute atomic E-state index is 0.0658. The molecule has 6 heteroatoms. The lowest BCUT2D eigenvalue weighted by molar-refractivity contribution is -0.142. The highest BCUT2D eigenvalue weighted by atomic mass is 32.2. The van der Waals surface area contributed by atoms with Crippen LogP contribution in [0.15, 0.2) is 65.8 Å². The second-order valence-electron chi connectivity index (χ2n) is 7.11. The number of para-hydroxylation sites is 1. The Morgan fingerprint density at radius 2 is 1.82 bits per heavy atom. The Bertz CT molecular complexity index is 916. The minimum Gasteiger partial charge on any atom is -0.469 e. The number of rotatable bonds is 4. The summed E-state index contributed by atoms with van der Waals surface area (Å²) in [5.74, 6) is 0.178. The Balaban J connectivity index is 1.81. The number of ether oxygens (including phenoxy) is 1. The fourth-order valence-corrected chi connectivity index (χ4v) is 6.19. The molecule has 1 amide bonds. The smallest absolute Gasteiger partial charge is 0.305 e. The number of benzene rings is 2. The topological polar surface area (TPSA) is 59.0 Å². The molecule has 2 aromatic carbocycles. The maximum atomic E-state index is 13.9. The van der Waals surface area contributed by atoms with Crippen molar-refractivity contribution in [3.8, 4) is 0 Å². The summed E-state index contributed by atoms with van der Waals surface area (Å²) in [4.78, 5) is 26.0. The maximum Gasteiger partial charge on any atom is 0.305 e. The first kappa shape index (κ1) is 18.7. The van der Waals surface area contributed by atoms with Crippen LogP contribution in [0, 0.1) is 11.3 Å². The molecule has 28 heavy (non-hydrogen) atoms. The van der Waals surface area contributed by atoms with Gasteiger partial charge < -0.3 is 4.74 Å². The number of nitrogens with zero attached hydrogens (tertiary/aromatic N) is 2. The normalized spacial score (nSPS) is 26.6. The molecule has 0 bridgehead atoms. The standard InChI is InChI=1S/C22H22N2O3S/c1-15-22(21(26)24(23-15)18-11-7-4-8-12-18)17(13-19(25)27-2)14-28-20(22)16-9-5-3-6-10-16/h3-12,17,20H,13-14H2,1-2H3/t17-,20-,22+/m0/s1. The highest BCUT2D eigenvalue weighted by Crippen LogP contribution is 2.61. The van der Waals surface area contributed by atoms with Crippen molar-refractivity contribution in [2.45, 2.75) is 18.6 Å². The molecular formula is C22H22N2O3S. The Morgan fingerprint density at radius 3 is 2.46 bits per heavy atom. The van der Waals surface area contributed by atoms with Crippen molar-refractivity contribution in [2.75, 3.05) is 17.9 Å². The molecule has 0 aromatic heterocycles. The first-order chi connectivity index (χ1) is 13.6. The maximum absolute atomic E-state index is 13.9. The van der Waals surface area contributed by atoms with Crippen molar-refractivity contribution in [3.05, 3.63) is 66.2 Å². The van der Waals surface area contributed by atoms with E-state index < -0.39 is 5.41 Å². The van der Waals surface area contributed by atoms with Crippen LogP contribution in [0.3, 0.4) is 0 Å². The van der Waals surface area contributed by atoms with E-state index in [9.17, 15) is 9.59 Å². The van der Waals surface area contributed by atoms with Gasteiger partial charge >= 0.3 is 5.97 Å². The lowest BCUT2D eigenvalue weighted by Crippen LogP contribution is -2.46. The van der Waals surface area contributed by atoms with Crippen LogP contribution >= 0.6 is 11.8 Å². The van der Waals surface area contributed by atoms with Crippen molar-refractivity contribution in [1.82, 2.24) is 0 Å². The van der Waals surface area contributed by atoms with Crippen LogP contribution in [0.5, 0.6) is 0 Å². The molecule has 0 N–H and O–H groups in total. The van der Waals surface area contributed by atoms with Crippen molar-refractivity contribution >= 4 is 35.0 Å². The van der Waals surface area contributed by atoms with Crippen molar-refractivity contribution in [1.29, 1.82) is 0 Å². The zero-order valence-electron chi connectivity index (χ0n) is 15.9. The van der Waals surface area contributed by atoms with Gasteiger partial charge in [0.25, 0.3) is 5.91 Å². The number of hydrogen-bond acceptors (Lipinski definition) is 5. The fraction of sp³-hybridized carbons (Fsp3) is 0.318. The molecule has 144 valence electrons. The molecule has 1 spiro atoms. The molecule has 1 fully saturated rings. The summed E-state index contributed by atoms with van der Waals surface area (Å²) >= 11 is 1.72. The lowest BCUT2D eigenvalue weighted by Gasteiger charge is -2.34. The van der Waals surface area contributed by atoms with Crippen molar-refractivity contribution in [2.24, 2.45) is 16.4 Å². The van der Waals surface area contributed by atoms with Gasteiger partial charge in [-0.3, -0.25) is 9.59 Å². The summed E-state index contributed by atoms with van der Waals surface area (Å²) in [5.41, 5.74) is 1.73. The second kappa shape index (κ2) is 7.43. The van der Waals surface area contributed by atoms with Crippen LogP contribution < -0.4 is 5.01 Å². The number of hydrogen-bond donors (Lipinski definition) is 0. The van der Waals surface area contributed by atoms with E-state index in [2.05, 4.69) is 5.10 Å². The summed E-state index contributed by atoms with van der Waals surface area (Å²) < 4.78 is 4.92. The van der Waals surface area contributed by atoms with Gasteiger partial charge in [0.1, 0.15) is 5.41 Å². The minimum atomic E-state index is -0.851. The fourth-order valence-electron chi connectivity index (χ4n) is 4.30. The largest absolute Gasteiger partial charge is 0.469 e. The van der Waals surface area contributed by atoms with Gasteiger partial charge in [-0.2, -0.15) is 21.9 Å². The highest BCUT2D eigenvalue weighted by molar-refractivity contribution is 7.99. The molecule has 2 aromatic rings. The quantitative estimate of drug-likeness (QED) is 0.734. The summed E-state index contributed by atoms with van der Waals surface area (Å²) in [6.45, 7) is 1.91. The summed E-state index contributed by atoms with van der Waals surface area (Å²) in [7, 11) is 1.39. The molecule has 2 aliphatic heterocycles. The third-order valence-corrected chi connectivity index (χ3v) is 7.23. The summed E-state index contributed by atoms with van der Waals surface area (Å²) in [6.07, 6.45) is 0.202. The number of amides is 1.